The van der Waals surface area contributed by atoms with Gasteiger partial charge in [0.05, 0.1) is 0 Å². The largest absolute Gasteiger partial charge is 0.340 e. The minimum Gasteiger partial charge on any atom is -0.340 e. The summed E-state index contributed by atoms with van der Waals surface area (Å²) in [5.74, 6) is 0.645. The van der Waals surface area contributed by atoms with E-state index in [9.17, 15) is 4.79 Å². The van der Waals surface area contributed by atoms with Crippen LogP contribution in [-0.4, -0.2) is 54.5 Å². The maximum atomic E-state index is 12.8. The molecule has 140 valence electrons. The second-order valence-corrected chi connectivity index (χ2v) is 7.21. The van der Waals surface area contributed by atoms with Crippen molar-refractivity contribution in [3.63, 3.8) is 0 Å². The van der Waals surface area contributed by atoms with Crippen LogP contribution in [0.15, 0.2) is 30.3 Å². The molecule has 0 saturated carbocycles. The molecule has 3 rings (SSSR count). The number of piperidine rings is 1. The van der Waals surface area contributed by atoms with Crippen molar-refractivity contribution in [2.75, 3.05) is 32.7 Å². The van der Waals surface area contributed by atoms with Crippen LogP contribution < -0.4 is 5.32 Å². The van der Waals surface area contributed by atoms with Crippen molar-refractivity contribution in [1.82, 2.24) is 15.1 Å². The van der Waals surface area contributed by atoms with Crippen molar-refractivity contribution in [2.24, 2.45) is 5.92 Å². The predicted octanol–water partition coefficient (Wildman–Crippen LogP) is 2.92. The first kappa shape index (κ1) is 20.2. The zero-order valence-electron chi connectivity index (χ0n) is 15.3. The Morgan fingerprint density at radius 2 is 1.88 bits per heavy atom. The Bertz CT molecular complexity index is 519. The SMILES string of the molecule is CCCC1CN(C(=O)C2CCNCC2)CCN1Cc1ccccc1.Cl. The molecule has 1 unspecified atom stereocenters. The van der Waals surface area contributed by atoms with E-state index in [4.69, 9.17) is 0 Å². The lowest BCUT2D eigenvalue weighted by Gasteiger charge is -2.43. The highest BCUT2D eigenvalue weighted by Crippen LogP contribution is 2.22. The van der Waals surface area contributed by atoms with Crippen molar-refractivity contribution in [1.29, 1.82) is 0 Å². The van der Waals surface area contributed by atoms with Crippen molar-refractivity contribution in [3.05, 3.63) is 35.9 Å². The van der Waals surface area contributed by atoms with Crippen molar-refractivity contribution < 1.29 is 4.79 Å². The quantitative estimate of drug-likeness (QED) is 0.871. The van der Waals surface area contributed by atoms with E-state index in [0.717, 1.165) is 52.1 Å². The molecular weight excluding hydrogens is 334 g/mol. The van der Waals surface area contributed by atoms with Gasteiger partial charge >= 0.3 is 0 Å². The van der Waals surface area contributed by atoms with E-state index < -0.39 is 0 Å². The Labute approximate surface area is 158 Å². The molecule has 2 heterocycles. The predicted molar refractivity (Wildman–Crippen MR) is 105 cm³/mol. The zero-order valence-corrected chi connectivity index (χ0v) is 16.1. The van der Waals surface area contributed by atoms with Gasteiger partial charge in [-0.05, 0) is 37.9 Å². The third-order valence-electron chi connectivity index (χ3n) is 5.46. The van der Waals surface area contributed by atoms with Gasteiger partial charge in [-0.1, -0.05) is 43.7 Å². The minimum atomic E-state index is 0. The summed E-state index contributed by atoms with van der Waals surface area (Å²) in [5.41, 5.74) is 1.37. The number of hydrogen-bond acceptors (Lipinski definition) is 3. The van der Waals surface area contributed by atoms with Crippen LogP contribution in [0.25, 0.3) is 0 Å². The standard InChI is InChI=1S/C20H31N3O.ClH/c1-2-6-19-16-23(20(24)18-9-11-21-12-10-18)14-13-22(19)15-17-7-4-3-5-8-17;/h3-5,7-8,18-19,21H,2,6,9-16H2,1H3;1H. The summed E-state index contributed by atoms with van der Waals surface area (Å²) in [6, 6.07) is 11.2. The van der Waals surface area contributed by atoms with E-state index in [1.165, 1.54) is 18.4 Å². The molecule has 1 N–H and O–H groups in total. The van der Waals surface area contributed by atoms with E-state index >= 15 is 0 Å². The maximum absolute atomic E-state index is 12.8. The van der Waals surface area contributed by atoms with Gasteiger partial charge in [0.15, 0.2) is 0 Å². The number of rotatable bonds is 5. The second-order valence-electron chi connectivity index (χ2n) is 7.21. The normalized spacial score (nSPS) is 22.4. The van der Waals surface area contributed by atoms with Gasteiger partial charge in [0, 0.05) is 38.1 Å². The topological polar surface area (TPSA) is 35.6 Å². The smallest absolute Gasteiger partial charge is 0.225 e. The highest BCUT2D eigenvalue weighted by molar-refractivity contribution is 5.85. The summed E-state index contributed by atoms with van der Waals surface area (Å²) < 4.78 is 0. The Morgan fingerprint density at radius 1 is 1.16 bits per heavy atom. The Kier molecular flexibility index (Phi) is 8.20. The summed E-state index contributed by atoms with van der Waals surface area (Å²) in [6.07, 6.45) is 4.34. The van der Waals surface area contributed by atoms with Gasteiger partial charge in [-0.2, -0.15) is 0 Å². The molecule has 1 amide bonds. The van der Waals surface area contributed by atoms with Gasteiger partial charge in [-0.25, -0.2) is 0 Å². The number of halogens is 1. The summed E-state index contributed by atoms with van der Waals surface area (Å²) >= 11 is 0. The Hall–Kier alpha value is -1.10. The minimum absolute atomic E-state index is 0. The molecule has 1 aromatic rings. The van der Waals surface area contributed by atoms with E-state index in [2.05, 4.69) is 52.4 Å². The number of nitrogens with zero attached hydrogens (tertiary/aromatic N) is 2. The lowest BCUT2D eigenvalue weighted by Crippen LogP contribution is -2.55. The molecule has 0 aliphatic carbocycles. The summed E-state index contributed by atoms with van der Waals surface area (Å²) in [6.45, 7) is 8.01. The van der Waals surface area contributed by atoms with Gasteiger partial charge in [0.2, 0.25) is 5.91 Å². The first-order chi connectivity index (χ1) is 11.8. The second kappa shape index (κ2) is 10.1. The fraction of sp³-hybridized carbons (Fsp3) is 0.650. The van der Waals surface area contributed by atoms with E-state index in [1.807, 2.05) is 0 Å². The summed E-state index contributed by atoms with van der Waals surface area (Å²) in [5, 5.41) is 3.36. The third-order valence-corrected chi connectivity index (χ3v) is 5.46. The van der Waals surface area contributed by atoms with E-state index in [1.54, 1.807) is 0 Å². The summed E-state index contributed by atoms with van der Waals surface area (Å²) in [4.78, 5) is 17.6. The first-order valence-electron chi connectivity index (χ1n) is 9.55. The molecule has 1 atom stereocenters. The number of benzene rings is 1. The van der Waals surface area contributed by atoms with Gasteiger partial charge in [0.1, 0.15) is 0 Å². The molecule has 0 bridgehead atoms. The zero-order chi connectivity index (χ0) is 16.8. The van der Waals surface area contributed by atoms with Gasteiger partial charge in [-0.3, -0.25) is 9.69 Å². The molecule has 2 aliphatic rings. The molecule has 0 radical (unpaired) electrons. The fourth-order valence-electron chi connectivity index (χ4n) is 4.05. The lowest BCUT2D eigenvalue weighted by atomic mass is 9.95. The number of hydrogen-bond donors (Lipinski definition) is 1. The highest BCUT2D eigenvalue weighted by atomic mass is 35.5. The van der Waals surface area contributed by atoms with Crippen molar-refractivity contribution in [2.45, 2.75) is 45.2 Å². The fourth-order valence-corrected chi connectivity index (χ4v) is 4.05. The molecule has 4 nitrogen and oxygen atoms in total. The number of carbonyl (C=O) groups is 1. The van der Waals surface area contributed by atoms with Crippen LogP contribution in [0.1, 0.15) is 38.2 Å². The van der Waals surface area contributed by atoms with Crippen LogP contribution in [0.2, 0.25) is 0 Å². The van der Waals surface area contributed by atoms with Gasteiger partial charge in [0.25, 0.3) is 0 Å². The number of carbonyl (C=O) groups excluding carboxylic acids is 1. The van der Waals surface area contributed by atoms with Gasteiger partial charge in [-0.15, -0.1) is 12.4 Å². The maximum Gasteiger partial charge on any atom is 0.225 e. The Balaban J connectivity index is 0.00000225. The van der Waals surface area contributed by atoms with Crippen molar-refractivity contribution >= 4 is 18.3 Å². The molecule has 1 aromatic carbocycles. The molecule has 2 saturated heterocycles. The van der Waals surface area contributed by atoms with Crippen molar-refractivity contribution in [3.8, 4) is 0 Å². The van der Waals surface area contributed by atoms with E-state index in [0.29, 0.717) is 11.9 Å². The number of piperazine rings is 1. The summed E-state index contributed by atoms with van der Waals surface area (Å²) in [7, 11) is 0. The van der Waals surface area contributed by atoms with Crippen LogP contribution in [0.4, 0.5) is 0 Å². The molecule has 5 heteroatoms. The Morgan fingerprint density at radius 3 is 2.56 bits per heavy atom. The molecule has 2 fully saturated rings. The average Bonchev–Trinajstić information content (AvgIpc) is 2.64. The average molecular weight is 366 g/mol. The molecule has 25 heavy (non-hydrogen) atoms. The highest BCUT2D eigenvalue weighted by Gasteiger charge is 2.32. The van der Waals surface area contributed by atoms with Gasteiger partial charge < -0.3 is 10.2 Å². The van der Waals surface area contributed by atoms with Crippen LogP contribution >= 0.6 is 12.4 Å². The van der Waals surface area contributed by atoms with Crippen LogP contribution in [0, 0.1) is 5.92 Å². The van der Waals surface area contributed by atoms with Crippen LogP contribution in [0.5, 0.6) is 0 Å². The first-order valence-corrected chi connectivity index (χ1v) is 9.55. The van der Waals surface area contributed by atoms with E-state index in [-0.39, 0.29) is 18.3 Å². The number of amides is 1. The molecule has 2 aliphatic heterocycles. The monoisotopic (exact) mass is 365 g/mol. The third kappa shape index (κ3) is 5.44. The lowest BCUT2D eigenvalue weighted by molar-refractivity contribution is -0.139. The van der Waals surface area contributed by atoms with Crippen LogP contribution in [-0.2, 0) is 11.3 Å². The molecule has 0 spiro atoms. The molecule has 0 aromatic heterocycles. The number of nitrogens with one attached hydrogen (secondary N) is 1. The van der Waals surface area contributed by atoms with Crippen LogP contribution in [0.3, 0.4) is 0 Å². The molecular formula is C20H32ClN3O.